The third kappa shape index (κ3) is 3.56. The maximum Gasteiger partial charge on any atom is 0.421 e. The number of methoxy groups -OCH3 is 1. The van der Waals surface area contributed by atoms with E-state index in [9.17, 15) is 27.9 Å². The molecule has 0 radical (unpaired) electrons. The van der Waals surface area contributed by atoms with E-state index in [-0.39, 0.29) is 5.75 Å². The zero-order chi connectivity index (χ0) is 17.1. The number of rotatable bonds is 6. The summed E-state index contributed by atoms with van der Waals surface area (Å²) >= 11 is 0. The summed E-state index contributed by atoms with van der Waals surface area (Å²) in [6.07, 6.45) is -6.52. The Morgan fingerprint density at radius 3 is 2.09 bits per heavy atom. The van der Waals surface area contributed by atoms with Crippen LogP contribution >= 0.6 is 0 Å². The van der Waals surface area contributed by atoms with Crippen LogP contribution in [0.4, 0.5) is 13.2 Å². The van der Waals surface area contributed by atoms with Crippen LogP contribution in [0.15, 0.2) is 24.3 Å². The van der Waals surface area contributed by atoms with E-state index in [1.807, 2.05) is 0 Å². The van der Waals surface area contributed by atoms with Crippen LogP contribution in [-0.4, -0.2) is 35.3 Å². The van der Waals surface area contributed by atoms with Gasteiger partial charge in [-0.2, -0.15) is 13.2 Å². The first-order valence-corrected chi connectivity index (χ1v) is 6.22. The number of carbonyl (C=O) groups is 2. The number of ether oxygens (including phenoxy) is 1. The average molecular weight is 320 g/mol. The number of ketones is 1. The minimum absolute atomic E-state index is 0.276. The first-order valence-electron chi connectivity index (χ1n) is 6.22. The smallest absolute Gasteiger partial charge is 0.421 e. The van der Waals surface area contributed by atoms with Crippen molar-refractivity contribution in [3.63, 3.8) is 0 Å². The Labute approximate surface area is 124 Å². The topological polar surface area (TPSA) is 83.8 Å². The molecule has 1 rings (SSSR count). The fraction of sp³-hybridized carbons (Fsp3) is 0.429. The molecule has 2 N–H and O–H groups in total. The van der Waals surface area contributed by atoms with Crippen LogP contribution in [0.25, 0.3) is 0 Å². The summed E-state index contributed by atoms with van der Waals surface area (Å²) in [5.41, 5.74) is -4.02. The molecule has 122 valence electrons. The summed E-state index contributed by atoms with van der Waals surface area (Å²) in [5, 5.41) is 18.7. The molecule has 8 heteroatoms. The number of hydrogen-bond acceptors (Lipinski definition) is 4. The molecule has 0 aliphatic carbocycles. The zero-order valence-electron chi connectivity index (χ0n) is 11.8. The van der Waals surface area contributed by atoms with E-state index >= 15 is 0 Å². The number of carboxylic acids is 1. The van der Waals surface area contributed by atoms with Crippen LogP contribution < -0.4 is 4.74 Å². The van der Waals surface area contributed by atoms with Crippen molar-refractivity contribution in [1.82, 2.24) is 0 Å². The fourth-order valence-electron chi connectivity index (χ4n) is 1.78. The highest BCUT2D eigenvalue weighted by Crippen LogP contribution is 2.42. The largest absolute Gasteiger partial charge is 0.497 e. The summed E-state index contributed by atoms with van der Waals surface area (Å²) in [5.74, 6) is -4.14. The lowest BCUT2D eigenvalue weighted by atomic mass is 9.85. The fourth-order valence-corrected chi connectivity index (χ4v) is 1.78. The second-order valence-electron chi connectivity index (χ2n) is 4.79. The van der Waals surface area contributed by atoms with Gasteiger partial charge >= 0.3 is 12.1 Å². The van der Waals surface area contributed by atoms with Crippen LogP contribution in [0.3, 0.4) is 0 Å². The quantitative estimate of drug-likeness (QED) is 0.785. The van der Waals surface area contributed by atoms with E-state index in [0.29, 0.717) is 0 Å². The van der Waals surface area contributed by atoms with E-state index < -0.39 is 41.4 Å². The van der Waals surface area contributed by atoms with Gasteiger partial charge in [0.25, 0.3) is 0 Å². The van der Waals surface area contributed by atoms with Crippen molar-refractivity contribution in [2.45, 2.75) is 25.1 Å². The molecule has 2 unspecified atom stereocenters. The lowest BCUT2D eigenvalue weighted by Crippen LogP contribution is -2.45. The van der Waals surface area contributed by atoms with Crippen LogP contribution in [0, 0.1) is 5.92 Å². The van der Waals surface area contributed by atoms with E-state index in [4.69, 9.17) is 9.84 Å². The van der Waals surface area contributed by atoms with Crippen molar-refractivity contribution in [3.05, 3.63) is 29.8 Å². The van der Waals surface area contributed by atoms with E-state index in [0.717, 1.165) is 19.1 Å². The Morgan fingerprint density at radius 1 is 1.23 bits per heavy atom. The van der Waals surface area contributed by atoms with Gasteiger partial charge in [0.15, 0.2) is 5.60 Å². The maximum atomic E-state index is 13.2. The van der Waals surface area contributed by atoms with Gasteiger partial charge in [0.2, 0.25) is 0 Å². The molecule has 1 aromatic rings. The number of alkyl halides is 3. The molecular formula is C14H15F3O5. The lowest BCUT2D eigenvalue weighted by Gasteiger charge is -2.31. The molecule has 5 nitrogen and oxygen atoms in total. The first kappa shape index (κ1) is 18.0. The predicted octanol–water partition coefficient (Wildman–Crippen LogP) is 2.12. The van der Waals surface area contributed by atoms with Crippen LogP contribution in [0.2, 0.25) is 0 Å². The van der Waals surface area contributed by atoms with Gasteiger partial charge in [-0.05, 0) is 24.6 Å². The van der Waals surface area contributed by atoms with Crippen molar-refractivity contribution in [2.24, 2.45) is 5.92 Å². The molecule has 0 spiro atoms. The van der Waals surface area contributed by atoms with Crippen LogP contribution in [0.5, 0.6) is 5.75 Å². The van der Waals surface area contributed by atoms with Crippen molar-refractivity contribution in [1.29, 1.82) is 0 Å². The number of halogens is 3. The standard InChI is InChI=1S/C14H15F3O5/c1-8(12(19)20)11(18)7-13(21,14(15,16)17)9-3-5-10(22-2)6-4-9/h3-6,8,21H,7H2,1-2H3,(H,19,20). The highest BCUT2D eigenvalue weighted by Gasteiger charge is 2.56. The Morgan fingerprint density at radius 2 is 1.73 bits per heavy atom. The maximum absolute atomic E-state index is 13.2. The Kier molecular flexibility index (Phi) is 5.18. The summed E-state index contributed by atoms with van der Waals surface area (Å²) in [6.45, 7) is 0.968. The van der Waals surface area contributed by atoms with Crippen molar-refractivity contribution in [3.8, 4) is 5.75 Å². The molecule has 1 aromatic carbocycles. The van der Waals surface area contributed by atoms with E-state index in [1.165, 1.54) is 19.2 Å². The number of aliphatic carboxylic acids is 1. The minimum Gasteiger partial charge on any atom is -0.497 e. The predicted molar refractivity (Wildman–Crippen MR) is 69.4 cm³/mol. The van der Waals surface area contributed by atoms with Gasteiger partial charge in [-0.25, -0.2) is 0 Å². The molecule has 0 bridgehead atoms. The molecule has 0 heterocycles. The SMILES string of the molecule is COc1ccc(C(O)(CC(=O)C(C)C(=O)O)C(F)(F)F)cc1. The second-order valence-corrected chi connectivity index (χ2v) is 4.79. The van der Waals surface area contributed by atoms with Crippen LogP contribution in [0.1, 0.15) is 18.9 Å². The van der Waals surface area contributed by atoms with Gasteiger partial charge in [-0.15, -0.1) is 0 Å². The van der Waals surface area contributed by atoms with Crippen molar-refractivity contribution >= 4 is 11.8 Å². The lowest BCUT2D eigenvalue weighted by molar-refractivity contribution is -0.267. The molecule has 0 aliphatic heterocycles. The number of Topliss-reactive ketones (excluding diaryl/α,β-unsaturated/α-hetero) is 1. The monoisotopic (exact) mass is 320 g/mol. The van der Waals surface area contributed by atoms with Gasteiger partial charge in [0.1, 0.15) is 17.5 Å². The minimum atomic E-state index is -5.14. The Hall–Kier alpha value is -2.09. The number of benzene rings is 1. The van der Waals surface area contributed by atoms with Gasteiger partial charge in [-0.3, -0.25) is 9.59 Å². The highest BCUT2D eigenvalue weighted by molar-refractivity contribution is 5.98. The molecule has 0 amide bonds. The van der Waals surface area contributed by atoms with Crippen molar-refractivity contribution < 1.29 is 37.7 Å². The molecule has 22 heavy (non-hydrogen) atoms. The van der Waals surface area contributed by atoms with Crippen molar-refractivity contribution in [2.75, 3.05) is 7.11 Å². The molecule has 2 atom stereocenters. The van der Waals surface area contributed by atoms with Gasteiger partial charge in [-0.1, -0.05) is 12.1 Å². The molecule has 0 aromatic heterocycles. The number of aliphatic hydroxyl groups is 1. The molecule has 0 aliphatic rings. The third-order valence-electron chi connectivity index (χ3n) is 3.32. The number of carboxylic acid groups (broad SMARTS) is 1. The molecule has 0 saturated heterocycles. The zero-order valence-corrected chi connectivity index (χ0v) is 11.8. The molecule has 0 fully saturated rings. The molecule has 0 saturated carbocycles. The highest BCUT2D eigenvalue weighted by atomic mass is 19.4. The van der Waals surface area contributed by atoms with Gasteiger partial charge in [0, 0.05) is 6.42 Å². The summed E-state index contributed by atoms with van der Waals surface area (Å²) in [4.78, 5) is 22.4. The van der Waals surface area contributed by atoms with E-state index in [2.05, 4.69) is 0 Å². The Balaban J connectivity index is 3.20. The molecular weight excluding hydrogens is 305 g/mol. The van der Waals surface area contributed by atoms with Crippen LogP contribution in [-0.2, 0) is 15.2 Å². The summed E-state index contributed by atoms with van der Waals surface area (Å²) in [7, 11) is 1.32. The second kappa shape index (κ2) is 6.35. The number of hydrogen-bond donors (Lipinski definition) is 2. The van der Waals surface area contributed by atoms with E-state index in [1.54, 1.807) is 0 Å². The van der Waals surface area contributed by atoms with Gasteiger partial charge in [0.05, 0.1) is 7.11 Å². The summed E-state index contributed by atoms with van der Waals surface area (Å²) < 4.78 is 44.5. The summed E-state index contributed by atoms with van der Waals surface area (Å²) in [6, 6.07) is 4.37. The average Bonchev–Trinajstić information content (AvgIpc) is 2.44. The normalized spacial score (nSPS) is 15.7. The Bertz CT molecular complexity index is 553. The first-order chi connectivity index (χ1) is 10.0. The third-order valence-corrected chi connectivity index (χ3v) is 3.32. The van der Waals surface area contributed by atoms with Gasteiger partial charge < -0.3 is 14.9 Å². The number of carbonyl (C=O) groups excluding carboxylic acids is 1.